The van der Waals surface area contributed by atoms with E-state index in [2.05, 4.69) is 22.3 Å². The van der Waals surface area contributed by atoms with Crippen LogP contribution in [0.1, 0.15) is 12.8 Å². The monoisotopic (exact) mass is 282 g/mol. The molecule has 1 heterocycles. The van der Waals surface area contributed by atoms with Gasteiger partial charge in [0, 0.05) is 18.7 Å². The number of para-hydroxylation sites is 2. The first-order valence-corrected chi connectivity index (χ1v) is 7.09. The van der Waals surface area contributed by atoms with Crippen LogP contribution in [0.5, 0.6) is 5.75 Å². The summed E-state index contributed by atoms with van der Waals surface area (Å²) >= 11 is 0. The number of nitrogens with zero attached hydrogens (tertiary/aromatic N) is 1. The molecular formula is C17H18N2O2. The SMILES string of the molecule is COc1cccc2c1NC(=O)CCCN2c1ccccc1. The second kappa shape index (κ2) is 5.87. The minimum atomic E-state index is 0.0356. The minimum absolute atomic E-state index is 0.0356. The van der Waals surface area contributed by atoms with Crippen molar-refractivity contribution in [3.05, 3.63) is 48.5 Å². The minimum Gasteiger partial charge on any atom is -0.494 e. The Labute approximate surface area is 124 Å². The second-order valence-corrected chi connectivity index (χ2v) is 4.99. The van der Waals surface area contributed by atoms with Crippen molar-refractivity contribution in [2.24, 2.45) is 0 Å². The molecule has 1 aliphatic heterocycles. The average Bonchev–Trinajstić information content (AvgIpc) is 2.51. The molecule has 0 unspecified atom stereocenters. The van der Waals surface area contributed by atoms with E-state index in [1.165, 1.54) is 0 Å². The molecule has 0 aromatic heterocycles. The zero-order chi connectivity index (χ0) is 14.7. The number of fused-ring (bicyclic) bond motifs is 1. The van der Waals surface area contributed by atoms with Gasteiger partial charge in [-0.3, -0.25) is 4.79 Å². The molecule has 4 nitrogen and oxygen atoms in total. The Bertz CT molecular complexity index is 640. The van der Waals surface area contributed by atoms with Gasteiger partial charge in [-0.05, 0) is 30.7 Å². The van der Waals surface area contributed by atoms with E-state index >= 15 is 0 Å². The number of nitrogens with one attached hydrogen (secondary N) is 1. The van der Waals surface area contributed by atoms with Crippen molar-refractivity contribution in [3.63, 3.8) is 0 Å². The van der Waals surface area contributed by atoms with Crippen LogP contribution < -0.4 is 15.0 Å². The summed E-state index contributed by atoms with van der Waals surface area (Å²) in [7, 11) is 1.62. The highest BCUT2D eigenvalue weighted by molar-refractivity contribution is 5.98. The van der Waals surface area contributed by atoms with Crippen LogP contribution in [0.2, 0.25) is 0 Å². The predicted molar refractivity (Wildman–Crippen MR) is 84.3 cm³/mol. The summed E-state index contributed by atoms with van der Waals surface area (Å²) in [6.07, 6.45) is 1.33. The molecule has 0 fully saturated rings. The van der Waals surface area contributed by atoms with Crippen LogP contribution in [0.15, 0.2) is 48.5 Å². The Balaban J connectivity index is 2.12. The molecule has 2 aromatic carbocycles. The summed E-state index contributed by atoms with van der Waals surface area (Å²) in [5.41, 5.74) is 2.82. The van der Waals surface area contributed by atoms with Gasteiger partial charge in [-0.15, -0.1) is 0 Å². The second-order valence-electron chi connectivity index (χ2n) is 4.99. The lowest BCUT2D eigenvalue weighted by atomic mass is 10.1. The van der Waals surface area contributed by atoms with Gasteiger partial charge in [-0.2, -0.15) is 0 Å². The van der Waals surface area contributed by atoms with E-state index < -0.39 is 0 Å². The third kappa shape index (κ3) is 2.70. The number of hydrogen-bond donors (Lipinski definition) is 1. The summed E-state index contributed by atoms with van der Waals surface area (Å²) in [5.74, 6) is 0.720. The maximum Gasteiger partial charge on any atom is 0.224 e. The molecule has 0 saturated carbocycles. The molecule has 0 spiro atoms. The summed E-state index contributed by atoms with van der Waals surface area (Å²) in [6, 6.07) is 16.0. The first kappa shape index (κ1) is 13.5. The Morgan fingerprint density at radius 2 is 1.90 bits per heavy atom. The normalized spacial score (nSPS) is 14.7. The highest BCUT2D eigenvalue weighted by Crippen LogP contribution is 2.39. The zero-order valence-electron chi connectivity index (χ0n) is 12.0. The number of ether oxygens (including phenoxy) is 1. The van der Waals surface area contributed by atoms with Crippen LogP contribution in [0, 0.1) is 0 Å². The summed E-state index contributed by atoms with van der Waals surface area (Å²) in [4.78, 5) is 14.1. The molecule has 0 saturated heterocycles. The Morgan fingerprint density at radius 1 is 1.10 bits per heavy atom. The molecule has 0 atom stereocenters. The lowest BCUT2D eigenvalue weighted by molar-refractivity contribution is -0.116. The van der Waals surface area contributed by atoms with Crippen LogP contribution in [-0.2, 0) is 4.79 Å². The lowest BCUT2D eigenvalue weighted by Crippen LogP contribution is -2.25. The van der Waals surface area contributed by atoms with Gasteiger partial charge >= 0.3 is 0 Å². The van der Waals surface area contributed by atoms with E-state index in [4.69, 9.17) is 4.74 Å². The fraction of sp³-hybridized carbons (Fsp3) is 0.235. The fourth-order valence-electron chi connectivity index (χ4n) is 2.64. The van der Waals surface area contributed by atoms with Crippen molar-refractivity contribution in [1.29, 1.82) is 0 Å². The van der Waals surface area contributed by atoms with Crippen molar-refractivity contribution in [3.8, 4) is 5.75 Å². The molecule has 108 valence electrons. The number of amides is 1. The van der Waals surface area contributed by atoms with Crippen LogP contribution in [-0.4, -0.2) is 19.6 Å². The third-order valence-corrected chi connectivity index (χ3v) is 3.63. The zero-order valence-corrected chi connectivity index (χ0v) is 12.0. The van der Waals surface area contributed by atoms with Gasteiger partial charge in [0.25, 0.3) is 0 Å². The molecule has 1 aliphatic rings. The van der Waals surface area contributed by atoms with E-state index in [1.54, 1.807) is 7.11 Å². The summed E-state index contributed by atoms with van der Waals surface area (Å²) < 4.78 is 5.40. The van der Waals surface area contributed by atoms with Gasteiger partial charge in [-0.1, -0.05) is 24.3 Å². The van der Waals surface area contributed by atoms with E-state index in [0.29, 0.717) is 12.2 Å². The average molecular weight is 282 g/mol. The van der Waals surface area contributed by atoms with Crippen molar-refractivity contribution in [2.75, 3.05) is 23.9 Å². The molecule has 21 heavy (non-hydrogen) atoms. The number of benzene rings is 2. The molecule has 2 aromatic rings. The number of methoxy groups -OCH3 is 1. The molecule has 1 N–H and O–H groups in total. The largest absolute Gasteiger partial charge is 0.494 e. The molecule has 1 amide bonds. The van der Waals surface area contributed by atoms with Crippen molar-refractivity contribution in [2.45, 2.75) is 12.8 Å². The number of anilines is 3. The maximum absolute atomic E-state index is 11.9. The molecule has 4 heteroatoms. The molecule has 0 bridgehead atoms. The number of carbonyl (C=O) groups is 1. The summed E-state index contributed by atoms with van der Waals surface area (Å²) in [6.45, 7) is 0.803. The number of hydrogen-bond acceptors (Lipinski definition) is 3. The van der Waals surface area contributed by atoms with E-state index in [-0.39, 0.29) is 5.91 Å². The van der Waals surface area contributed by atoms with Crippen LogP contribution in [0.25, 0.3) is 0 Å². The van der Waals surface area contributed by atoms with Crippen molar-refractivity contribution >= 4 is 23.0 Å². The molecule has 0 radical (unpaired) electrons. The number of rotatable bonds is 2. The van der Waals surface area contributed by atoms with E-state index in [1.807, 2.05) is 36.4 Å². The van der Waals surface area contributed by atoms with Crippen molar-refractivity contribution in [1.82, 2.24) is 0 Å². The van der Waals surface area contributed by atoms with Crippen molar-refractivity contribution < 1.29 is 9.53 Å². The van der Waals surface area contributed by atoms with Crippen LogP contribution >= 0.6 is 0 Å². The van der Waals surface area contributed by atoms with Gasteiger partial charge in [-0.25, -0.2) is 0 Å². The maximum atomic E-state index is 11.9. The molecular weight excluding hydrogens is 264 g/mol. The highest BCUT2D eigenvalue weighted by Gasteiger charge is 2.21. The predicted octanol–water partition coefficient (Wildman–Crippen LogP) is 3.57. The highest BCUT2D eigenvalue weighted by atomic mass is 16.5. The van der Waals surface area contributed by atoms with Gasteiger partial charge in [0.05, 0.1) is 12.8 Å². The molecule has 3 rings (SSSR count). The molecule has 0 aliphatic carbocycles. The van der Waals surface area contributed by atoms with Crippen LogP contribution in [0.4, 0.5) is 17.1 Å². The Morgan fingerprint density at radius 3 is 2.67 bits per heavy atom. The smallest absolute Gasteiger partial charge is 0.224 e. The standard InChI is InChI=1S/C17H18N2O2/c1-21-15-10-5-9-14-17(15)18-16(20)11-6-12-19(14)13-7-3-2-4-8-13/h2-5,7-10H,6,11-12H2,1H3,(H,18,20). The van der Waals surface area contributed by atoms with Gasteiger partial charge < -0.3 is 15.0 Å². The summed E-state index contributed by atoms with van der Waals surface area (Å²) in [5, 5.41) is 2.98. The Hall–Kier alpha value is -2.49. The quantitative estimate of drug-likeness (QED) is 0.915. The number of carbonyl (C=O) groups excluding carboxylic acids is 1. The first-order chi connectivity index (χ1) is 10.3. The van der Waals surface area contributed by atoms with Gasteiger partial charge in [0.15, 0.2) is 0 Å². The third-order valence-electron chi connectivity index (χ3n) is 3.63. The first-order valence-electron chi connectivity index (χ1n) is 7.09. The topological polar surface area (TPSA) is 41.6 Å². The van der Waals surface area contributed by atoms with Crippen LogP contribution in [0.3, 0.4) is 0 Å². The van der Waals surface area contributed by atoms with E-state index in [0.717, 1.165) is 30.0 Å². The lowest BCUT2D eigenvalue weighted by Gasteiger charge is -2.30. The van der Waals surface area contributed by atoms with E-state index in [9.17, 15) is 4.79 Å². The van der Waals surface area contributed by atoms with Gasteiger partial charge in [0.1, 0.15) is 11.4 Å². The Kier molecular flexibility index (Phi) is 3.77. The van der Waals surface area contributed by atoms with Gasteiger partial charge in [0.2, 0.25) is 5.91 Å². The fourth-order valence-corrected chi connectivity index (χ4v) is 2.64.